The van der Waals surface area contributed by atoms with E-state index in [4.69, 9.17) is 19.9 Å². The maximum atomic E-state index is 6.18. The number of nitrogens with two attached hydrogens (primary N) is 1. The van der Waals surface area contributed by atoms with Crippen molar-refractivity contribution in [2.75, 3.05) is 20.3 Å². The van der Waals surface area contributed by atoms with Crippen molar-refractivity contribution in [2.24, 2.45) is 5.73 Å². The maximum Gasteiger partial charge on any atom is 0.124 e. The molecule has 1 fully saturated rings. The Morgan fingerprint density at radius 3 is 2.67 bits per heavy atom. The van der Waals surface area contributed by atoms with Crippen molar-refractivity contribution in [3.8, 4) is 5.75 Å². The fourth-order valence-electron chi connectivity index (χ4n) is 2.02. The van der Waals surface area contributed by atoms with Crippen molar-refractivity contribution in [3.05, 3.63) is 29.8 Å². The Balaban J connectivity index is 2.20. The van der Waals surface area contributed by atoms with Crippen LogP contribution in [0.15, 0.2) is 24.3 Å². The Kier molecular flexibility index (Phi) is 4.58. The number of hydrogen-bond donors (Lipinski definition) is 1. The van der Waals surface area contributed by atoms with Gasteiger partial charge in [-0.1, -0.05) is 25.1 Å². The molecule has 18 heavy (non-hydrogen) atoms. The minimum absolute atomic E-state index is 0.0399. The Labute approximate surface area is 108 Å². The summed E-state index contributed by atoms with van der Waals surface area (Å²) in [5, 5.41) is 0. The lowest BCUT2D eigenvalue weighted by atomic mass is 9.99. The molecule has 100 valence electrons. The lowest BCUT2D eigenvalue weighted by molar-refractivity contribution is -0.160. The molecule has 4 nitrogen and oxygen atoms in total. The predicted octanol–water partition coefficient (Wildman–Crippen LogP) is 1.89. The van der Waals surface area contributed by atoms with Gasteiger partial charge in [-0.05, 0) is 12.5 Å². The van der Waals surface area contributed by atoms with Crippen LogP contribution < -0.4 is 10.5 Å². The van der Waals surface area contributed by atoms with Crippen molar-refractivity contribution in [1.29, 1.82) is 0 Å². The van der Waals surface area contributed by atoms with Crippen LogP contribution >= 0.6 is 0 Å². The van der Waals surface area contributed by atoms with Gasteiger partial charge < -0.3 is 19.9 Å². The van der Waals surface area contributed by atoms with Crippen molar-refractivity contribution in [2.45, 2.75) is 31.6 Å². The summed E-state index contributed by atoms with van der Waals surface area (Å²) in [6.45, 7) is 3.37. The third-order valence-corrected chi connectivity index (χ3v) is 3.25. The van der Waals surface area contributed by atoms with Crippen LogP contribution in [0.4, 0.5) is 0 Å². The number of ether oxygens (including phenoxy) is 3. The zero-order chi connectivity index (χ0) is 13.0. The third-order valence-electron chi connectivity index (χ3n) is 3.25. The summed E-state index contributed by atoms with van der Waals surface area (Å²) in [7, 11) is 1.67. The lowest BCUT2D eigenvalue weighted by Gasteiger charge is -2.33. The minimum Gasteiger partial charge on any atom is -0.496 e. The molecule has 1 aliphatic rings. The highest BCUT2D eigenvalue weighted by Crippen LogP contribution is 2.32. The van der Waals surface area contributed by atoms with Crippen molar-refractivity contribution in [3.63, 3.8) is 0 Å². The molecule has 2 atom stereocenters. The zero-order valence-electron chi connectivity index (χ0n) is 11.0. The van der Waals surface area contributed by atoms with E-state index in [1.54, 1.807) is 7.11 Å². The highest BCUT2D eigenvalue weighted by molar-refractivity contribution is 5.36. The highest BCUT2D eigenvalue weighted by atomic mass is 16.6. The van der Waals surface area contributed by atoms with Crippen molar-refractivity contribution < 1.29 is 14.2 Å². The summed E-state index contributed by atoms with van der Waals surface area (Å²) < 4.78 is 16.6. The van der Waals surface area contributed by atoms with Gasteiger partial charge in [0.25, 0.3) is 0 Å². The molecule has 2 N–H and O–H groups in total. The summed E-state index contributed by atoms with van der Waals surface area (Å²) in [5.74, 6) is 0.826. The Morgan fingerprint density at radius 2 is 2.11 bits per heavy atom. The van der Waals surface area contributed by atoms with Crippen molar-refractivity contribution >= 4 is 0 Å². The van der Waals surface area contributed by atoms with Crippen LogP contribution in [0.5, 0.6) is 5.75 Å². The molecule has 1 aromatic rings. The first kappa shape index (κ1) is 13.3. The summed E-state index contributed by atoms with van der Waals surface area (Å²) in [4.78, 5) is 0. The van der Waals surface area contributed by atoms with Gasteiger partial charge in [-0.25, -0.2) is 0 Å². The summed E-state index contributed by atoms with van der Waals surface area (Å²) in [6.07, 6.45) is 0.869. The van der Waals surface area contributed by atoms with E-state index in [0.717, 1.165) is 17.7 Å². The highest BCUT2D eigenvalue weighted by Gasteiger charge is 2.29. The summed E-state index contributed by atoms with van der Waals surface area (Å²) in [5.41, 5.74) is 7.19. The third kappa shape index (κ3) is 2.83. The van der Waals surface area contributed by atoms with Gasteiger partial charge >= 0.3 is 0 Å². The molecular weight excluding hydrogens is 230 g/mol. The largest absolute Gasteiger partial charge is 0.496 e. The molecule has 1 aromatic carbocycles. The molecule has 0 bridgehead atoms. The average Bonchev–Trinajstić information content (AvgIpc) is 2.37. The van der Waals surface area contributed by atoms with Crippen LogP contribution in [-0.4, -0.2) is 32.5 Å². The second-order valence-corrected chi connectivity index (χ2v) is 4.53. The Hall–Kier alpha value is -1.10. The number of benzene rings is 1. The standard InChI is InChI=1S/C14H21NO3/c1-3-12(15)14(18-10-8-17-9-10)11-6-4-5-7-13(11)16-2/h4-7,10,12,14H,3,8-9,15H2,1-2H3. The van der Waals surface area contributed by atoms with Gasteiger partial charge in [0.1, 0.15) is 18.0 Å². The van der Waals surface area contributed by atoms with Gasteiger partial charge in [-0.15, -0.1) is 0 Å². The van der Waals surface area contributed by atoms with Crippen LogP contribution in [0.1, 0.15) is 25.0 Å². The monoisotopic (exact) mass is 251 g/mol. The zero-order valence-corrected chi connectivity index (χ0v) is 11.0. The van der Waals surface area contributed by atoms with Gasteiger partial charge in [-0.2, -0.15) is 0 Å². The summed E-state index contributed by atoms with van der Waals surface area (Å²) >= 11 is 0. The van der Waals surface area contributed by atoms with E-state index in [1.807, 2.05) is 24.3 Å². The smallest absolute Gasteiger partial charge is 0.124 e. The topological polar surface area (TPSA) is 53.7 Å². The molecule has 1 aliphatic heterocycles. The van der Waals surface area contributed by atoms with Crippen LogP contribution in [0, 0.1) is 0 Å². The number of para-hydroxylation sites is 1. The second kappa shape index (κ2) is 6.18. The number of methoxy groups -OCH3 is 1. The van der Waals surface area contributed by atoms with Gasteiger partial charge in [-0.3, -0.25) is 0 Å². The Morgan fingerprint density at radius 1 is 1.39 bits per heavy atom. The summed E-state index contributed by atoms with van der Waals surface area (Å²) in [6, 6.07) is 7.84. The van der Waals surface area contributed by atoms with E-state index in [0.29, 0.717) is 13.2 Å². The minimum atomic E-state index is -0.139. The first-order valence-corrected chi connectivity index (χ1v) is 6.38. The molecule has 0 spiro atoms. The number of rotatable bonds is 6. The first-order chi connectivity index (χ1) is 8.76. The molecule has 1 heterocycles. The van der Waals surface area contributed by atoms with Crippen LogP contribution in [0.2, 0.25) is 0 Å². The van der Waals surface area contributed by atoms with Gasteiger partial charge in [0.15, 0.2) is 0 Å². The van der Waals surface area contributed by atoms with E-state index in [1.165, 1.54) is 0 Å². The van der Waals surface area contributed by atoms with Crippen LogP contribution in [0.25, 0.3) is 0 Å². The van der Waals surface area contributed by atoms with E-state index in [9.17, 15) is 0 Å². The molecule has 0 radical (unpaired) electrons. The lowest BCUT2D eigenvalue weighted by Crippen LogP contribution is -2.41. The average molecular weight is 251 g/mol. The normalized spacial score (nSPS) is 19.1. The SMILES string of the molecule is CCC(N)C(OC1COC1)c1ccccc1OC. The van der Waals surface area contributed by atoms with Gasteiger partial charge in [0, 0.05) is 11.6 Å². The molecule has 0 aliphatic carbocycles. The van der Waals surface area contributed by atoms with E-state index in [2.05, 4.69) is 6.92 Å². The molecule has 4 heteroatoms. The fraction of sp³-hybridized carbons (Fsp3) is 0.571. The molecule has 2 rings (SSSR count). The van der Waals surface area contributed by atoms with E-state index < -0.39 is 0 Å². The second-order valence-electron chi connectivity index (χ2n) is 4.53. The molecule has 0 amide bonds. The van der Waals surface area contributed by atoms with Gasteiger partial charge in [0.05, 0.1) is 20.3 Å². The molecule has 2 unspecified atom stereocenters. The van der Waals surface area contributed by atoms with Gasteiger partial charge in [0.2, 0.25) is 0 Å². The number of hydrogen-bond acceptors (Lipinski definition) is 4. The molecule has 0 aromatic heterocycles. The van der Waals surface area contributed by atoms with E-state index >= 15 is 0 Å². The molecule has 0 saturated carbocycles. The molecular formula is C14H21NO3. The van der Waals surface area contributed by atoms with Crippen LogP contribution in [-0.2, 0) is 9.47 Å². The maximum absolute atomic E-state index is 6.18. The fourth-order valence-corrected chi connectivity index (χ4v) is 2.02. The predicted molar refractivity (Wildman–Crippen MR) is 69.7 cm³/mol. The first-order valence-electron chi connectivity index (χ1n) is 6.38. The van der Waals surface area contributed by atoms with Crippen molar-refractivity contribution in [1.82, 2.24) is 0 Å². The van der Waals surface area contributed by atoms with E-state index in [-0.39, 0.29) is 18.2 Å². The van der Waals surface area contributed by atoms with Crippen LogP contribution in [0.3, 0.4) is 0 Å². The Bertz CT molecular complexity index is 379. The quantitative estimate of drug-likeness (QED) is 0.839. The molecule has 1 saturated heterocycles.